The highest BCUT2D eigenvalue weighted by Crippen LogP contribution is 2.28. The Morgan fingerprint density at radius 1 is 1.25 bits per heavy atom. The molecule has 0 aliphatic carbocycles. The Balaban J connectivity index is 2.00. The molecule has 1 heterocycles. The second-order valence-electron chi connectivity index (χ2n) is 6.44. The van der Waals surface area contributed by atoms with Crippen molar-refractivity contribution in [1.29, 1.82) is 0 Å². The summed E-state index contributed by atoms with van der Waals surface area (Å²) in [6.07, 6.45) is 8.61. The second-order valence-corrected chi connectivity index (χ2v) is 6.44. The molecule has 0 aromatic carbocycles. The van der Waals surface area contributed by atoms with Crippen LogP contribution in [0.25, 0.3) is 0 Å². The molecule has 0 bridgehead atoms. The topological polar surface area (TPSA) is 49.8 Å². The monoisotopic (exact) mass is 285 g/mol. The Morgan fingerprint density at radius 2 is 1.95 bits per heavy atom. The average molecular weight is 285 g/mol. The number of aliphatic hydroxyl groups excluding tert-OH is 1. The number of piperidine rings is 1. The van der Waals surface area contributed by atoms with Crippen LogP contribution < -0.4 is 0 Å². The number of ether oxygens (including phenoxy) is 1. The number of hydrogen-bond donors (Lipinski definition) is 1. The maximum absolute atomic E-state index is 10.9. The first-order chi connectivity index (χ1) is 9.59. The molecule has 4 heteroatoms. The Labute approximate surface area is 123 Å². The minimum atomic E-state index is -0.0957. The van der Waals surface area contributed by atoms with Gasteiger partial charge in [0.2, 0.25) is 0 Å². The number of methoxy groups -OCH3 is 1. The molecule has 118 valence electrons. The number of carbonyl (C=O) groups is 1. The van der Waals surface area contributed by atoms with Gasteiger partial charge >= 0.3 is 5.97 Å². The number of aliphatic hydroxyl groups is 1. The zero-order valence-electron chi connectivity index (χ0n) is 13.2. The molecular weight excluding hydrogens is 254 g/mol. The molecule has 0 spiro atoms. The number of likely N-dealkylation sites (tertiary alicyclic amines) is 1. The number of nitrogens with zero attached hydrogens (tertiary/aromatic N) is 1. The molecule has 1 rings (SSSR count). The van der Waals surface area contributed by atoms with Crippen molar-refractivity contribution in [2.75, 3.05) is 33.4 Å². The Hall–Kier alpha value is -0.610. The van der Waals surface area contributed by atoms with Gasteiger partial charge in [0, 0.05) is 25.0 Å². The summed E-state index contributed by atoms with van der Waals surface area (Å²) in [5, 5.41) is 9.44. The van der Waals surface area contributed by atoms with E-state index in [0.717, 1.165) is 32.4 Å². The van der Waals surface area contributed by atoms with Crippen molar-refractivity contribution in [3.05, 3.63) is 0 Å². The van der Waals surface area contributed by atoms with E-state index in [1.807, 2.05) is 0 Å². The Kier molecular flexibility index (Phi) is 8.15. The molecule has 0 amide bonds. The van der Waals surface area contributed by atoms with Crippen molar-refractivity contribution in [3.63, 3.8) is 0 Å². The molecule has 0 aromatic rings. The van der Waals surface area contributed by atoms with E-state index in [0.29, 0.717) is 13.0 Å². The molecule has 0 aromatic heterocycles. The maximum Gasteiger partial charge on any atom is 0.305 e. The van der Waals surface area contributed by atoms with Gasteiger partial charge in [0.25, 0.3) is 0 Å². The minimum absolute atomic E-state index is 0.0957. The number of rotatable bonds is 9. The van der Waals surface area contributed by atoms with E-state index in [4.69, 9.17) is 0 Å². The smallest absolute Gasteiger partial charge is 0.305 e. The molecule has 4 nitrogen and oxygen atoms in total. The fourth-order valence-electron chi connectivity index (χ4n) is 2.98. The first-order valence-electron chi connectivity index (χ1n) is 8.00. The normalized spacial score (nSPS) is 23.8. The van der Waals surface area contributed by atoms with E-state index >= 15 is 0 Å². The third kappa shape index (κ3) is 6.71. The zero-order chi connectivity index (χ0) is 14.8. The van der Waals surface area contributed by atoms with Crippen molar-refractivity contribution in [2.24, 2.45) is 5.41 Å². The Morgan fingerprint density at radius 3 is 2.65 bits per heavy atom. The number of esters is 1. The SMILES string of the molecule is COC(=O)CCCCCCCN1CCCC(C)(CO)C1. The summed E-state index contributed by atoms with van der Waals surface area (Å²) in [6.45, 7) is 5.85. The lowest BCUT2D eigenvalue weighted by molar-refractivity contribution is -0.140. The molecule has 1 atom stereocenters. The van der Waals surface area contributed by atoms with Gasteiger partial charge < -0.3 is 14.7 Å². The van der Waals surface area contributed by atoms with Gasteiger partial charge in [-0.3, -0.25) is 4.79 Å². The molecule has 1 aliphatic rings. The summed E-state index contributed by atoms with van der Waals surface area (Å²) in [5.41, 5.74) is 0.110. The predicted octanol–water partition coefficient (Wildman–Crippen LogP) is 2.59. The second kappa shape index (κ2) is 9.35. The zero-order valence-corrected chi connectivity index (χ0v) is 13.2. The lowest BCUT2D eigenvalue weighted by atomic mass is 9.83. The van der Waals surface area contributed by atoms with Crippen LogP contribution in [0, 0.1) is 5.41 Å². The van der Waals surface area contributed by atoms with Gasteiger partial charge in [-0.15, -0.1) is 0 Å². The van der Waals surface area contributed by atoms with Crippen LogP contribution in [0.2, 0.25) is 0 Å². The fraction of sp³-hybridized carbons (Fsp3) is 0.938. The number of carbonyl (C=O) groups excluding carboxylic acids is 1. The van der Waals surface area contributed by atoms with Crippen molar-refractivity contribution < 1.29 is 14.6 Å². The highest BCUT2D eigenvalue weighted by Gasteiger charge is 2.29. The summed E-state index contributed by atoms with van der Waals surface area (Å²) < 4.78 is 4.62. The average Bonchev–Trinajstić information content (AvgIpc) is 2.46. The molecule has 1 saturated heterocycles. The van der Waals surface area contributed by atoms with Crippen LogP contribution in [0.1, 0.15) is 58.3 Å². The third-order valence-corrected chi connectivity index (χ3v) is 4.32. The molecule has 1 unspecified atom stereocenters. The summed E-state index contributed by atoms with van der Waals surface area (Å²) in [7, 11) is 1.45. The van der Waals surface area contributed by atoms with Gasteiger partial charge in [-0.25, -0.2) is 0 Å². The van der Waals surface area contributed by atoms with E-state index in [2.05, 4.69) is 16.6 Å². The minimum Gasteiger partial charge on any atom is -0.469 e. The van der Waals surface area contributed by atoms with Crippen LogP contribution in [0.3, 0.4) is 0 Å². The quantitative estimate of drug-likeness (QED) is 0.522. The van der Waals surface area contributed by atoms with E-state index in [9.17, 15) is 9.90 Å². The van der Waals surface area contributed by atoms with Crippen LogP contribution in [0.5, 0.6) is 0 Å². The fourth-order valence-corrected chi connectivity index (χ4v) is 2.98. The van der Waals surface area contributed by atoms with Crippen LogP contribution in [-0.4, -0.2) is 49.3 Å². The van der Waals surface area contributed by atoms with E-state index in [1.165, 1.54) is 39.3 Å². The van der Waals surface area contributed by atoms with E-state index in [1.54, 1.807) is 0 Å². The molecule has 1 fully saturated rings. The Bertz CT molecular complexity index is 283. The first-order valence-corrected chi connectivity index (χ1v) is 8.00. The van der Waals surface area contributed by atoms with Gasteiger partial charge in [0.05, 0.1) is 7.11 Å². The highest BCUT2D eigenvalue weighted by molar-refractivity contribution is 5.68. The lowest BCUT2D eigenvalue weighted by Gasteiger charge is -2.39. The standard InChI is InChI=1S/C16H31NO3/c1-16(14-18)10-8-12-17(13-16)11-7-5-3-4-6-9-15(19)20-2/h18H,3-14H2,1-2H3. The maximum atomic E-state index is 10.9. The summed E-state index contributed by atoms with van der Waals surface area (Å²) in [4.78, 5) is 13.4. The van der Waals surface area contributed by atoms with Crippen molar-refractivity contribution >= 4 is 5.97 Å². The van der Waals surface area contributed by atoms with Crippen molar-refractivity contribution in [3.8, 4) is 0 Å². The number of hydrogen-bond acceptors (Lipinski definition) is 4. The lowest BCUT2D eigenvalue weighted by Crippen LogP contribution is -2.43. The van der Waals surface area contributed by atoms with Crippen LogP contribution in [0.4, 0.5) is 0 Å². The summed E-state index contributed by atoms with van der Waals surface area (Å²) >= 11 is 0. The molecule has 1 aliphatic heterocycles. The van der Waals surface area contributed by atoms with Crippen LogP contribution in [0.15, 0.2) is 0 Å². The third-order valence-electron chi connectivity index (χ3n) is 4.32. The summed E-state index contributed by atoms with van der Waals surface area (Å²) in [6, 6.07) is 0. The molecule has 20 heavy (non-hydrogen) atoms. The number of unbranched alkanes of at least 4 members (excludes halogenated alkanes) is 4. The van der Waals surface area contributed by atoms with Gasteiger partial charge in [-0.2, -0.15) is 0 Å². The molecule has 0 radical (unpaired) electrons. The molecular formula is C16H31NO3. The van der Waals surface area contributed by atoms with Gasteiger partial charge in [0.1, 0.15) is 0 Å². The molecule has 1 N–H and O–H groups in total. The van der Waals surface area contributed by atoms with Crippen LogP contribution in [-0.2, 0) is 9.53 Å². The molecule has 0 saturated carbocycles. The first kappa shape index (κ1) is 17.4. The van der Waals surface area contributed by atoms with E-state index in [-0.39, 0.29) is 11.4 Å². The van der Waals surface area contributed by atoms with Gasteiger partial charge in [-0.1, -0.05) is 26.2 Å². The van der Waals surface area contributed by atoms with Gasteiger partial charge in [-0.05, 0) is 38.8 Å². The van der Waals surface area contributed by atoms with Gasteiger partial charge in [0.15, 0.2) is 0 Å². The van der Waals surface area contributed by atoms with Crippen molar-refractivity contribution in [2.45, 2.75) is 58.3 Å². The predicted molar refractivity (Wildman–Crippen MR) is 80.6 cm³/mol. The highest BCUT2D eigenvalue weighted by atomic mass is 16.5. The largest absolute Gasteiger partial charge is 0.469 e. The summed E-state index contributed by atoms with van der Waals surface area (Å²) in [5.74, 6) is -0.0957. The van der Waals surface area contributed by atoms with Crippen molar-refractivity contribution in [1.82, 2.24) is 4.90 Å². The van der Waals surface area contributed by atoms with E-state index < -0.39 is 0 Å². The van der Waals surface area contributed by atoms with Crippen LogP contribution >= 0.6 is 0 Å².